The van der Waals surface area contributed by atoms with Crippen LogP contribution >= 0.6 is 0 Å². The molecule has 0 aliphatic heterocycles. The van der Waals surface area contributed by atoms with Gasteiger partial charge in [0.1, 0.15) is 5.82 Å². The Kier molecular flexibility index (Phi) is 4.60. The molecule has 3 nitrogen and oxygen atoms in total. The third-order valence-corrected chi connectivity index (χ3v) is 3.96. The molecule has 0 amide bonds. The summed E-state index contributed by atoms with van der Waals surface area (Å²) < 4.78 is 2.11. The summed E-state index contributed by atoms with van der Waals surface area (Å²) >= 11 is 0. The van der Waals surface area contributed by atoms with Crippen molar-refractivity contribution < 1.29 is 0 Å². The molecule has 17 heavy (non-hydrogen) atoms. The number of aryl methyl sites for hydroxylation is 1. The molecule has 0 aromatic carbocycles. The van der Waals surface area contributed by atoms with Gasteiger partial charge in [-0.15, -0.1) is 0 Å². The third-order valence-electron chi connectivity index (χ3n) is 3.96. The summed E-state index contributed by atoms with van der Waals surface area (Å²) in [7, 11) is 2.07. The van der Waals surface area contributed by atoms with E-state index in [1.165, 1.54) is 37.9 Å². The van der Waals surface area contributed by atoms with Crippen LogP contribution in [0.15, 0.2) is 12.4 Å². The van der Waals surface area contributed by atoms with Crippen LogP contribution in [0.1, 0.15) is 44.9 Å². The second kappa shape index (κ2) is 6.20. The zero-order chi connectivity index (χ0) is 12.1. The Morgan fingerprint density at radius 1 is 1.35 bits per heavy atom. The molecule has 1 aliphatic rings. The summed E-state index contributed by atoms with van der Waals surface area (Å²) in [5.74, 6) is 2.11. The Labute approximate surface area is 105 Å². The maximum atomic E-state index is 4.35. The van der Waals surface area contributed by atoms with E-state index in [1.807, 2.05) is 12.4 Å². The molecule has 3 heteroatoms. The van der Waals surface area contributed by atoms with Gasteiger partial charge in [-0.25, -0.2) is 4.98 Å². The van der Waals surface area contributed by atoms with E-state index in [0.29, 0.717) is 0 Å². The van der Waals surface area contributed by atoms with Crippen molar-refractivity contribution in [2.45, 2.75) is 51.5 Å². The molecule has 2 atom stereocenters. The highest BCUT2D eigenvalue weighted by Gasteiger charge is 2.15. The lowest BCUT2D eigenvalue weighted by atomic mass is 10.0. The van der Waals surface area contributed by atoms with E-state index in [2.05, 4.69) is 28.8 Å². The van der Waals surface area contributed by atoms with Crippen molar-refractivity contribution in [3.05, 3.63) is 18.2 Å². The topological polar surface area (TPSA) is 29.9 Å². The number of nitrogens with one attached hydrogen (secondary N) is 1. The summed E-state index contributed by atoms with van der Waals surface area (Å²) in [5.41, 5.74) is 0. The predicted molar refractivity (Wildman–Crippen MR) is 71.0 cm³/mol. The molecule has 1 saturated carbocycles. The highest BCUT2D eigenvalue weighted by atomic mass is 15.0. The van der Waals surface area contributed by atoms with Gasteiger partial charge in [0.15, 0.2) is 0 Å². The molecular formula is C14H25N3. The number of rotatable bonds is 4. The molecule has 0 spiro atoms. The van der Waals surface area contributed by atoms with Crippen molar-refractivity contribution in [2.24, 2.45) is 13.0 Å². The maximum absolute atomic E-state index is 4.35. The zero-order valence-corrected chi connectivity index (χ0v) is 11.2. The number of imidazole rings is 1. The molecule has 1 fully saturated rings. The quantitative estimate of drug-likeness (QED) is 0.813. The van der Waals surface area contributed by atoms with Crippen LogP contribution in [0, 0.1) is 5.92 Å². The lowest BCUT2D eigenvalue weighted by Gasteiger charge is -2.16. The van der Waals surface area contributed by atoms with Crippen molar-refractivity contribution in [3.63, 3.8) is 0 Å². The molecule has 1 heterocycles. The number of nitrogens with zero attached hydrogens (tertiary/aromatic N) is 2. The molecule has 0 saturated heterocycles. The van der Waals surface area contributed by atoms with Gasteiger partial charge in [0.25, 0.3) is 0 Å². The van der Waals surface area contributed by atoms with Crippen molar-refractivity contribution in [2.75, 3.05) is 6.54 Å². The van der Waals surface area contributed by atoms with Gasteiger partial charge in [-0.2, -0.15) is 0 Å². The molecule has 1 aromatic heterocycles. The second-order valence-corrected chi connectivity index (χ2v) is 5.47. The molecule has 96 valence electrons. The minimum Gasteiger partial charge on any atom is -0.338 e. The molecule has 0 radical (unpaired) electrons. The summed E-state index contributed by atoms with van der Waals surface area (Å²) in [4.78, 5) is 4.35. The van der Waals surface area contributed by atoms with Crippen LogP contribution < -0.4 is 5.32 Å². The number of aromatic nitrogens is 2. The maximum Gasteiger partial charge on any atom is 0.109 e. The predicted octanol–water partition coefficient (Wildman–Crippen LogP) is 2.52. The Morgan fingerprint density at radius 2 is 2.24 bits per heavy atom. The lowest BCUT2D eigenvalue weighted by molar-refractivity contribution is 0.448. The van der Waals surface area contributed by atoms with Crippen LogP contribution in [0.4, 0.5) is 0 Å². The standard InChI is InChI=1S/C14H25N3/c1-12-4-3-5-13(7-6-12)15-9-8-14-16-10-11-17(14)2/h10-13,15H,3-9H2,1-2H3. The van der Waals surface area contributed by atoms with Gasteiger partial charge in [0.2, 0.25) is 0 Å². The van der Waals surface area contributed by atoms with E-state index in [-0.39, 0.29) is 0 Å². The summed E-state index contributed by atoms with van der Waals surface area (Å²) in [6.45, 7) is 3.44. The van der Waals surface area contributed by atoms with Crippen LogP contribution in [-0.2, 0) is 13.5 Å². The van der Waals surface area contributed by atoms with Crippen molar-refractivity contribution in [1.82, 2.24) is 14.9 Å². The third kappa shape index (κ3) is 3.84. The summed E-state index contributed by atoms with van der Waals surface area (Å²) in [6.07, 6.45) is 11.8. The van der Waals surface area contributed by atoms with Crippen LogP contribution in [0.25, 0.3) is 0 Å². The highest BCUT2D eigenvalue weighted by Crippen LogP contribution is 2.22. The molecular weight excluding hydrogens is 210 g/mol. The van der Waals surface area contributed by atoms with Gasteiger partial charge >= 0.3 is 0 Å². The average molecular weight is 235 g/mol. The minimum atomic E-state index is 0.736. The fourth-order valence-electron chi connectivity index (χ4n) is 2.72. The zero-order valence-electron chi connectivity index (χ0n) is 11.2. The van der Waals surface area contributed by atoms with Crippen molar-refractivity contribution >= 4 is 0 Å². The van der Waals surface area contributed by atoms with E-state index >= 15 is 0 Å². The first-order valence-corrected chi connectivity index (χ1v) is 6.95. The Hall–Kier alpha value is -0.830. The normalized spacial score (nSPS) is 25.8. The largest absolute Gasteiger partial charge is 0.338 e. The average Bonchev–Trinajstić information content (AvgIpc) is 2.59. The fourth-order valence-corrected chi connectivity index (χ4v) is 2.72. The van der Waals surface area contributed by atoms with Gasteiger partial charge in [-0.3, -0.25) is 0 Å². The van der Waals surface area contributed by atoms with E-state index < -0.39 is 0 Å². The molecule has 1 aromatic rings. The molecule has 2 unspecified atom stereocenters. The van der Waals surface area contributed by atoms with E-state index in [4.69, 9.17) is 0 Å². The number of hydrogen-bond donors (Lipinski definition) is 1. The van der Waals surface area contributed by atoms with E-state index in [9.17, 15) is 0 Å². The lowest BCUT2D eigenvalue weighted by Crippen LogP contribution is -2.30. The number of hydrogen-bond acceptors (Lipinski definition) is 2. The first-order chi connectivity index (χ1) is 8.25. The summed E-state index contributed by atoms with van der Waals surface area (Å²) in [5, 5.41) is 3.69. The van der Waals surface area contributed by atoms with Gasteiger partial charge in [0.05, 0.1) is 0 Å². The van der Waals surface area contributed by atoms with Crippen LogP contribution in [0.5, 0.6) is 0 Å². The van der Waals surface area contributed by atoms with Crippen molar-refractivity contribution in [3.8, 4) is 0 Å². The van der Waals surface area contributed by atoms with Gasteiger partial charge < -0.3 is 9.88 Å². The van der Waals surface area contributed by atoms with Crippen LogP contribution in [-0.4, -0.2) is 22.1 Å². The molecule has 2 rings (SSSR count). The molecule has 1 aliphatic carbocycles. The van der Waals surface area contributed by atoms with Crippen LogP contribution in [0.3, 0.4) is 0 Å². The Bertz CT molecular complexity index is 332. The van der Waals surface area contributed by atoms with Gasteiger partial charge in [-0.05, 0) is 25.2 Å². The Balaban J connectivity index is 1.69. The van der Waals surface area contributed by atoms with E-state index in [1.54, 1.807) is 0 Å². The SMILES string of the molecule is CC1CCCC(NCCc2nccn2C)CC1. The van der Waals surface area contributed by atoms with Crippen LogP contribution in [0.2, 0.25) is 0 Å². The van der Waals surface area contributed by atoms with Gasteiger partial charge in [0, 0.05) is 38.4 Å². The second-order valence-electron chi connectivity index (χ2n) is 5.47. The van der Waals surface area contributed by atoms with Gasteiger partial charge in [-0.1, -0.05) is 19.8 Å². The summed E-state index contributed by atoms with van der Waals surface area (Å²) in [6, 6.07) is 0.736. The molecule has 1 N–H and O–H groups in total. The smallest absolute Gasteiger partial charge is 0.109 e. The highest BCUT2D eigenvalue weighted by molar-refractivity contribution is 4.91. The first kappa shape index (κ1) is 12.6. The minimum absolute atomic E-state index is 0.736. The fraction of sp³-hybridized carbons (Fsp3) is 0.786. The molecule has 0 bridgehead atoms. The van der Waals surface area contributed by atoms with E-state index in [0.717, 1.165) is 24.9 Å². The monoisotopic (exact) mass is 235 g/mol. The van der Waals surface area contributed by atoms with Crippen molar-refractivity contribution in [1.29, 1.82) is 0 Å². The Morgan fingerprint density at radius 3 is 3.00 bits per heavy atom. The first-order valence-electron chi connectivity index (χ1n) is 6.95.